The first-order chi connectivity index (χ1) is 13.0. The highest BCUT2D eigenvalue weighted by atomic mass is 19.1. The van der Waals surface area contributed by atoms with Crippen molar-refractivity contribution in [3.63, 3.8) is 0 Å². The minimum atomic E-state index is -0.302. The molecule has 1 aliphatic rings. The largest absolute Gasteiger partial charge is 0.493 e. The van der Waals surface area contributed by atoms with Gasteiger partial charge in [0.05, 0.1) is 6.61 Å². The van der Waals surface area contributed by atoms with Gasteiger partial charge < -0.3 is 19.5 Å². The van der Waals surface area contributed by atoms with Crippen LogP contribution in [0.5, 0.6) is 5.75 Å². The highest BCUT2D eigenvalue weighted by Crippen LogP contribution is 2.30. The number of rotatable bonds is 6. The number of hydrogen-bond acceptors (Lipinski definition) is 5. The number of hydrogen-bond donors (Lipinski definition) is 1. The average Bonchev–Trinajstić information content (AvgIpc) is 3.11. The number of likely N-dealkylation sites (tertiary alicyclic amines) is 1. The van der Waals surface area contributed by atoms with Crippen LogP contribution in [0, 0.1) is 5.82 Å². The highest BCUT2D eigenvalue weighted by Gasteiger charge is 2.32. The topological polar surface area (TPSA) is 80.5 Å². The maximum absolute atomic E-state index is 12.9. The van der Waals surface area contributed by atoms with E-state index in [-0.39, 0.29) is 23.9 Å². The van der Waals surface area contributed by atoms with Gasteiger partial charge in [-0.3, -0.25) is 0 Å². The molecule has 0 saturated carbocycles. The molecule has 1 fully saturated rings. The standard InChI is InChI=1S/C19H25FN4O3/c1-13(2)21-19(25)24-11-4-3-5-16(24)18-22-17(23-27-18)10-12-26-15-8-6-14(20)7-9-15/h6-9,13,16H,3-5,10-12H2,1-2H3,(H,21,25). The molecule has 8 heteroatoms. The third-order valence-electron chi connectivity index (χ3n) is 4.35. The number of halogens is 1. The average molecular weight is 376 g/mol. The monoisotopic (exact) mass is 376 g/mol. The van der Waals surface area contributed by atoms with Gasteiger partial charge >= 0.3 is 6.03 Å². The summed E-state index contributed by atoms with van der Waals surface area (Å²) in [5.41, 5.74) is 0. The Morgan fingerprint density at radius 1 is 1.37 bits per heavy atom. The van der Waals surface area contributed by atoms with Gasteiger partial charge in [-0.25, -0.2) is 9.18 Å². The van der Waals surface area contributed by atoms with Crippen LogP contribution in [0.3, 0.4) is 0 Å². The normalized spacial score (nSPS) is 17.2. The molecule has 27 heavy (non-hydrogen) atoms. The quantitative estimate of drug-likeness (QED) is 0.835. The van der Waals surface area contributed by atoms with Crippen molar-refractivity contribution in [2.24, 2.45) is 0 Å². The molecule has 0 bridgehead atoms. The highest BCUT2D eigenvalue weighted by molar-refractivity contribution is 5.75. The molecule has 0 spiro atoms. The van der Waals surface area contributed by atoms with Crippen LogP contribution in [0.4, 0.5) is 9.18 Å². The molecular formula is C19H25FN4O3. The van der Waals surface area contributed by atoms with Crippen LogP contribution >= 0.6 is 0 Å². The molecule has 1 atom stereocenters. The van der Waals surface area contributed by atoms with E-state index in [0.717, 1.165) is 19.3 Å². The number of carbonyl (C=O) groups excluding carboxylic acids is 1. The number of nitrogens with one attached hydrogen (secondary N) is 1. The first-order valence-electron chi connectivity index (χ1n) is 9.31. The van der Waals surface area contributed by atoms with Gasteiger partial charge in [-0.2, -0.15) is 4.98 Å². The van der Waals surface area contributed by atoms with Gasteiger partial charge in [0.1, 0.15) is 17.6 Å². The fraction of sp³-hybridized carbons (Fsp3) is 0.526. The van der Waals surface area contributed by atoms with Crippen molar-refractivity contribution in [2.75, 3.05) is 13.2 Å². The summed E-state index contributed by atoms with van der Waals surface area (Å²) in [6.07, 6.45) is 3.25. The molecule has 1 saturated heterocycles. The zero-order chi connectivity index (χ0) is 19.2. The van der Waals surface area contributed by atoms with Gasteiger partial charge in [-0.1, -0.05) is 5.16 Å². The molecule has 2 aromatic rings. The van der Waals surface area contributed by atoms with E-state index >= 15 is 0 Å². The maximum Gasteiger partial charge on any atom is 0.318 e. The molecular weight excluding hydrogens is 351 g/mol. The second-order valence-electron chi connectivity index (χ2n) is 6.91. The molecule has 1 aromatic carbocycles. The molecule has 146 valence electrons. The summed E-state index contributed by atoms with van der Waals surface area (Å²) >= 11 is 0. The van der Waals surface area contributed by atoms with Crippen LogP contribution in [0.2, 0.25) is 0 Å². The van der Waals surface area contributed by atoms with Crippen LogP contribution in [0.1, 0.15) is 50.9 Å². The van der Waals surface area contributed by atoms with Crippen LogP contribution in [0.15, 0.2) is 28.8 Å². The minimum Gasteiger partial charge on any atom is -0.493 e. The smallest absolute Gasteiger partial charge is 0.318 e. The summed E-state index contributed by atoms with van der Waals surface area (Å²) in [6, 6.07) is 5.62. The van der Waals surface area contributed by atoms with Gasteiger partial charge in [-0.05, 0) is 57.4 Å². The molecule has 7 nitrogen and oxygen atoms in total. The predicted molar refractivity (Wildman–Crippen MR) is 96.9 cm³/mol. The molecule has 1 unspecified atom stereocenters. The molecule has 0 aliphatic carbocycles. The Balaban J connectivity index is 1.58. The first kappa shape index (κ1) is 19.1. The fourth-order valence-electron chi connectivity index (χ4n) is 3.06. The van der Waals surface area contributed by atoms with Gasteiger partial charge in [0.15, 0.2) is 5.82 Å². The third-order valence-corrected chi connectivity index (χ3v) is 4.35. The number of carbonyl (C=O) groups is 1. The molecule has 0 radical (unpaired) electrons. The van der Waals surface area contributed by atoms with Crippen molar-refractivity contribution >= 4 is 6.03 Å². The lowest BCUT2D eigenvalue weighted by molar-refractivity contribution is 0.130. The lowest BCUT2D eigenvalue weighted by Gasteiger charge is -2.33. The van der Waals surface area contributed by atoms with Crippen molar-refractivity contribution < 1.29 is 18.4 Å². The zero-order valence-electron chi connectivity index (χ0n) is 15.7. The van der Waals surface area contributed by atoms with E-state index in [9.17, 15) is 9.18 Å². The number of nitrogens with zero attached hydrogens (tertiary/aromatic N) is 3. The van der Waals surface area contributed by atoms with Crippen LogP contribution in [-0.2, 0) is 6.42 Å². The Morgan fingerprint density at radius 2 is 2.15 bits per heavy atom. The number of aromatic nitrogens is 2. The number of piperidine rings is 1. The Bertz CT molecular complexity index is 748. The van der Waals surface area contributed by atoms with E-state index in [1.165, 1.54) is 12.1 Å². The first-order valence-corrected chi connectivity index (χ1v) is 9.31. The summed E-state index contributed by atoms with van der Waals surface area (Å²) < 4.78 is 23.9. The maximum atomic E-state index is 12.9. The minimum absolute atomic E-state index is 0.0712. The van der Waals surface area contributed by atoms with Gasteiger partial charge in [0, 0.05) is 19.0 Å². The third kappa shape index (κ3) is 5.18. The van der Waals surface area contributed by atoms with Crippen molar-refractivity contribution in [3.8, 4) is 5.75 Å². The van der Waals surface area contributed by atoms with Crippen LogP contribution < -0.4 is 10.1 Å². The van der Waals surface area contributed by atoms with Crippen molar-refractivity contribution in [3.05, 3.63) is 41.8 Å². The van der Waals surface area contributed by atoms with E-state index in [1.807, 2.05) is 13.8 Å². The molecule has 2 amide bonds. The van der Waals surface area contributed by atoms with E-state index in [4.69, 9.17) is 9.26 Å². The Labute approximate surface area is 157 Å². The molecule has 3 rings (SSSR count). The number of ether oxygens (including phenoxy) is 1. The van der Waals surface area contributed by atoms with Crippen molar-refractivity contribution in [1.29, 1.82) is 0 Å². The second kappa shape index (κ2) is 8.83. The molecule has 1 aliphatic heterocycles. The number of benzene rings is 1. The van der Waals surface area contributed by atoms with E-state index in [0.29, 0.717) is 37.0 Å². The molecule has 1 aromatic heterocycles. The van der Waals surface area contributed by atoms with Crippen molar-refractivity contribution in [2.45, 2.75) is 51.6 Å². The summed E-state index contributed by atoms with van der Waals surface area (Å²) in [5, 5.41) is 6.93. The van der Waals surface area contributed by atoms with Crippen LogP contribution in [0.25, 0.3) is 0 Å². The molecule has 1 N–H and O–H groups in total. The summed E-state index contributed by atoms with van der Waals surface area (Å²) in [7, 11) is 0. The van der Waals surface area contributed by atoms with E-state index in [2.05, 4.69) is 15.5 Å². The summed E-state index contributed by atoms with van der Waals surface area (Å²) in [6.45, 7) is 4.90. The number of amides is 2. The Hall–Kier alpha value is -2.64. The van der Waals surface area contributed by atoms with Gasteiger partial charge in [0.25, 0.3) is 0 Å². The zero-order valence-corrected chi connectivity index (χ0v) is 15.7. The summed E-state index contributed by atoms with van der Waals surface area (Å²) in [4.78, 5) is 18.7. The van der Waals surface area contributed by atoms with E-state index in [1.54, 1.807) is 17.0 Å². The lowest BCUT2D eigenvalue weighted by Crippen LogP contribution is -2.46. The van der Waals surface area contributed by atoms with Crippen LogP contribution in [-0.4, -0.2) is 40.3 Å². The van der Waals surface area contributed by atoms with Crippen molar-refractivity contribution in [1.82, 2.24) is 20.4 Å². The fourth-order valence-corrected chi connectivity index (χ4v) is 3.06. The lowest BCUT2D eigenvalue weighted by atomic mass is 10.0. The predicted octanol–water partition coefficient (Wildman–Crippen LogP) is 3.48. The second-order valence-corrected chi connectivity index (χ2v) is 6.91. The van der Waals surface area contributed by atoms with Gasteiger partial charge in [0.2, 0.25) is 5.89 Å². The SMILES string of the molecule is CC(C)NC(=O)N1CCCCC1c1nc(CCOc2ccc(F)cc2)no1. The van der Waals surface area contributed by atoms with Gasteiger partial charge in [-0.15, -0.1) is 0 Å². The Kier molecular flexibility index (Phi) is 6.26. The molecule has 2 heterocycles. The Morgan fingerprint density at radius 3 is 2.89 bits per heavy atom. The van der Waals surface area contributed by atoms with E-state index < -0.39 is 0 Å². The summed E-state index contributed by atoms with van der Waals surface area (Å²) in [5.74, 6) is 1.28. The number of urea groups is 1.